The molecule has 1 nitrogen and oxygen atoms in total. The lowest BCUT2D eigenvalue weighted by molar-refractivity contribution is 0.218. The second kappa shape index (κ2) is 4.62. The second-order valence-corrected chi connectivity index (χ2v) is 5.25. The Balaban J connectivity index is 3.12. The number of benzene rings is 1. The fraction of sp³-hybridized carbons (Fsp3) is 0.500. The van der Waals surface area contributed by atoms with E-state index in [1.165, 1.54) is 6.92 Å². The average Bonchev–Trinajstić information content (AvgIpc) is 2.17. The van der Waals surface area contributed by atoms with E-state index in [0.29, 0.717) is 5.56 Å². The van der Waals surface area contributed by atoms with Crippen LogP contribution in [0.4, 0.5) is 4.39 Å². The average molecular weight is 275 g/mol. The molecule has 1 N–H and O–H groups in total. The first-order valence-corrected chi connectivity index (χ1v) is 5.72. The van der Waals surface area contributed by atoms with E-state index in [1.54, 1.807) is 6.07 Å². The van der Waals surface area contributed by atoms with E-state index >= 15 is 0 Å². The van der Waals surface area contributed by atoms with Crippen LogP contribution in [0.1, 0.15) is 38.1 Å². The molecule has 0 spiro atoms. The van der Waals surface area contributed by atoms with Gasteiger partial charge in [0.1, 0.15) is 6.17 Å². The minimum Gasteiger partial charge on any atom is -0.395 e. The molecule has 1 rings (SSSR count). The second-order valence-electron chi connectivity index (χ2n) is 4.39. The van der Waals surface area contributed by atoms with E-state index in [2.05, 4.69) is 15.9 Å². The highest BCUT2D eigenvalue weighted by Gasteiger charge is 2.20. The fourth-order valence-electron chi connectivity index (χ4n) is 1.36. The number of aliphatic hydroxyl groups is 1. The molecule has 1 unspecified atom stereocenters. The van der Waals surface area contributed by atoms with Crippen LogP contribution in [0, 0.1) is 0 Å². The van der Waals surface area contributed by atoms with Gasteiger partial charge in [-0.2, -0.15) is 0 Å². The number of aliphatic hydroxyl groups excluding tert-OH is 1. The summed E-state index contributed by atoms with van der Waals surface area (Å²) in [5.41, 5.74) is 1.36. The zero-order valence-electron chi connectivity index (χ0n) is 9.22. The van der Waals surface area contributed by atoms with E-state index < -0.39 is 6.17 Å². The number of rotatable bonds is 3. The summed E-state index contributed by atoms with van der Waals surface area (Å²) < 4.78 is 13.9. The van der Waals surface area contributed by atoms with Crippen LogP contribution >= 0.6 is 15.9 Å². The van der Waals surface area contributed by atoms with Crippen LogP contribution in [0.2, 0.25) is 0 Å². The maximum Gasteiger partial charge on any atom is 0.123 e. The van der Waals surface area contributed by atoms with Crippen molar-refractivity contribution in [3.63, 3.8) is 0 Å². The third-order valence-electron chi connectivity index (χ3n) is 2.61. The summed E-state index contributed by atoms with van der Waals surface area (Å²) in [4.78, 5) is 0. The van der Waals surface area contributed by atoms with Gasteiger partial charge in [0, 0.05) is 9.89 Å². The van der Waals surface area contributed by atoms with E-state index in [1.807, 2.05) is 26.0 Å². The molecule has 0 aliphatic heterocycles. The molecule has 0 aliphatic rings. The lowest BCUT2D eigenvalue weighted by atomic mass is 9.85. The molecule has 1 aromatic rings. The minimum atomic E-state index is -0.981. The third-order valence-corrected chi connectivity index (χ3v) is 3.29. The maximum atomic E-state index is 13.1. The molecule has 0 aromatic heterocycles. The Morgan fingerprint density at radius 2 is 2.07 bits per heavy atom. The van der Waals surface area contributed by atoms with Crippen LogP contribution < -0.4 is 0 Å². The quantitative estimate of drug-likeness (QED) is 0.890. The molecular weight excluding hydrogens is 259 g/mol. The summed E-state index contributed by atoms with van der Waals surface area (Å²) in [6.07, 6.45) is -0.981. The molecule has 0 radical (unpaired) electrons. The van der Waals surface area contributed by atoms with Crippen LogP contribution in [-0.2, 0) is 5.41 Å². The first-order chi connectivity index (χ1) is 6.88. The highest BCUT2D eigenvalue weighted by atomic mass is 79.9. The topological polar surface area (TPSA) is 20.2 Å². The number of hydrogen-bond acceptors (Lipinski definition) is 1. The molecule has 1 atom stereocenters. The molecule has 0 heterocycles. The van der Waals surface area contributed by atoms with Gasteiger partial charge in [0.15, 0.2) is 0 Å². The number of halogens is 2. The molecule has 3 heteroatoms. The number of alkyl halides is 1. The minimum absolute atomic E-state index is 0.0734. The van der Waals surface area contributed by atoms with E-state index in [9.17, 15) is 9.50 Å². The molecule has 15 heavy (non-hydrogen) atoms. The largest absolute Gasteiger partial charge is 0.395 e. The normalized spacial score (nSPS) is 14.0. The Labute approximate surface area is 98.4 Å². The molecule has 0 fully saturated rings. The lowest BCUT2D eigenvalue weighted by Gasteiger charge is -2.23. The van der Waals surface area contributed by atoms with Gasteiger partial charge in [-0.05, 0) is 24.1 Å². The van der Waals surface area contributed by atoms with Gasteiger partial charge in [-0.25, -0.2) is 4.39 Å². The molecule has 0 amide bonds. The lowest BCUT2D eigenvalue weighted by Crippen LogP contribution is -2.22. The van der Waals surface area contributed by atoms with E-state index in [0.717, 1.165) is 10.0 Å². The highest BCUT2D eigenvalue weighted by molar-refractivity contribution is 9.10. The van der Waals surface area contributed by atoms with Gasteiger partial charge >= 0.3 is 0 Å². The highest BCUT2D eigenvalue weighted by Crippen LogP contribution is 2.31. The molecule has 0 saturated carbocycles. The number of hydrogen-bond donors (Lipinski definition) is 1. The van der Waals surface area contributed by atoms with Crippen molar-refractivity contribution < 1.29 is 9.50 Å². The smallest absolute Gasteiger partial charge is 0.123 e. The van der Waals surface area contributed by atoms with Gasteiger partial charge in [-0.1, -0.05) is 41.9 Å². The Bertz CT molecular complexity index is 347. The predicted octanol–water partition coefficient (Wildman–Crippen LogP) is 3.75. The van der Waals surface area contributed by atoms with Crippen molar-refractivity contribution in [2.24, 2.45) is 0 Å². The summed E-state index contributed by atoms with van der Waals surface area (Å²) in [5.74, 6) is 0. The van der Waals surface area contributed by atoms with Crippen molar-refractivity contribution in [3.8, 4) is 0 Å². The van der Waals surface area contributed by atoms with Crippen LogP contribution in [0.5, 0.6) is 0 Å². The van der Waals surface area contributed by atoms with Crippen molar-refractivity contribution in [2.75, 3.05) is 6.61 Å². The van der Waals surface area contributed by atoms with Gasteiger partial charge in [-0.3, -0.25) is 0 Å². The van der Waals surface area contributed by atoms with Crippen LogP contribution in [-0.4, -0.2) is 11.7 Å². The first-order valence-electron chi connectivity index (χ1n) is 4.93. The maximum absolute atomic E-state index is 13.1. The Kier molecular flexibility index (Phi) is 3.90. The standard InChI is InChI=1S/C12H16BrFO/c1-8(14)10-5-4-9(6-11(10)13)12(2,3)7-15/h4-6,8,15H,7H2,1-3H3. The van der Waals surface area contributed by atoms with Gasteiger partial charge < -0.3 is 5.11 Å². The van der Waals surface area contributed by atoms with Crippen LogP contribution in [0.15, 0.2) is 22.7 Å². The summed E-state index contributed by atoms with van der Waals surface area (Å²) in [6.45, 7) is 5.49. The van der Waals surface area contributed by atoms with Crippen molar-refractivity contribution >= 4 is 15.9 Å². The van der Waals surface area contributed by atoms with E-state index in [-0.39, 0.29) is 12.0 Å². The predicted molar refractivity (Wildman–Crippen MR) is 63.8 cm³/mol. The summed E-state index contributed by atoms with van der Waals surface area (Å²) in [6, 6.07) is 5.51. The SMILES string of the molecule is CC(F)c1ccc(C(C)(C)CO)cc1Br. The van der Waals surface area contributed by atoms with Crippen molar-refractivity contribution in [3.05, 3.63) is 33.8 Å². The van der Waals surface area contributed by atoms with Crippen molar-refractivity contribution in [1.82, 2.24) is 0 Å². The summed E-state index contributed by atoms with van der Waals surface area (Å²) in [7, 11) is 0. The van der Waals surface area contributed by atoms with Gasteiger partial charge in [-0.15, -0.1) is 0 Å². The molecule has 0 saturated heterocycles. The van der Waals surface area contributed by atoms with Crippen molar-refractivity contribution in [1.29, 1.82) is 0 Å². The monoisotopic (exact) mass is 274 g/mol. The summed E-state index contributed by atoms with van der Waals surface area (Å²) >= 11 is 3.35. The van der Waals surface area contributed by atoms with Gasteiger partial charge in [0.05, 0.1) is 6.61 Å². The Morgan fingerprint density at radius 3 is 2.47 bits per heavy atom. The first kappa shape index (κ1) is 12.7. The zero-order chi connectivity index (χ0) is 11.6. The van der Waals surface area contributed by atoms with Gasteiger partial charge in [0.25, 0.3) is 0 Å². The third kappa shape index (κ3) is 2.79. The molecule has 0 bridgehead atoms. The van der Waals surface area contributed by atoms with Crippen LogP contribution in [0.25, 0.3) is 0 Å². The Morgan fingerprint density at radius 1 is 1.47 bits per heavy atom. The zero-order valence-corrected chi connectivity index (χ0v) is 10.8. The molecule has 1 aromatic carbocycles. The Hall–Kier alpha value is -0.410. The summed E-state index contributed by atoms with van der Waals surface area (Å²) in [5, 5.41) is 9.23. The van der Waals surface area contributed by atoms with E-state index in [4.69, 9.17) is 0 Å². The fourth-order valence-corrected chi connectivity index (χ4v) is 2.06. The van der Waals surface area contributed by atoms with Crippen molar-refractivity contribution in [2.45, 2.75) is 32.4 Å². The van der Waals surface area contributed by atoms with Crippen LogP contribution in [0.3, 0.4) is 0 Å². The molecule has 0 aliphatic carbocycles. The molecular formula is C12H16BrFO. The molecule has 84 valence electrons. The van der Waals surface area contributed by atoms with Gasteiger partial charge in [0.2, 0.25) is 0 Å².